The van der Waals surface area contributed by atoms with Gasteiger partial charge < -0.3 is 14.4 Å². The van der Waals surface area contributed by atoms with Gasteiger partial charge in [0.2, 0.25) is 0 Å². The van der Waals surface area contributed by atoms with E-state index in [0.717, 1.165) is 0 Å². The molecule has 0 aliphatic heterocycles. The van der Waals surface area contributed by atoms with E-state index in [-0.39, 0.29) is 8.41 Å². The Balaban J connectivity index is 0. The molecule has 0 bridgehead atoms. The third kappa shape index (κ3) is 10.7. The fraction of sp³-hybridized carbons (Fsp3) is 0. The molecule has 0 aliphatic carbocycles. The lowest BCUT2D eigenvalue weighted by molar-refractivity contribution is -0.111. The molecule has 7 heavy (non-hydrogen) atoms. The fourth-order valence-corrected chi connectivity index (χ4v) is 0. The number of halogens is 1. The predicted molar refractivity (Wildman–Crippen MR) is 24.5 cm³/mol. The Labute approximate surface area is 42.1 Å². The molecule has 0 amide bonds. The zero-order valence-electron chi connectivity index (χ0n) is 2.63. The molecule has 0 rings (SSSR count). The van der Waals surface area contributed by atoms with Crippen molar-refractivity contribution in [3.8, 4) is 0 Å². The van der Waals surface area contributed by atoms with Crippen LogP contribution < -0.4 is 0 Å². The first kappa shape index (κ1) is 10.1. The molecule has 0 atom stereocenters. The summed E-state index contributed by atoms with van der Waals surface area (Å²) in [6.07, 6.45) is 0. The minimum Gasteiger partial charge on any atom is -0.366 e. The van der Waals surface area contributed by atoms with Gasteiger partial charge in [0, 0.05) is 0 Å². The van der Waals surface area contributed by atoms with Crippen molar-refractivity contribution in [2.24, 2.45) is 0 Å². The molecule has 0 fully saturated rings. The van der Waals surface area contributed by atoms with Crippen LogP contribution in [0.15, 0.2) is 0 Å². The topological polar surface area (TPSA) is 69.9 Å². The second-order valence-corrected chi connectivity index (χ2v) is 1.95. The second kappa shape index (κ2) is 3.11. The van der Waals surface area contributed by atoms with Crippen LogP contribution in [0.5, 0.6) is 0 Å². The summed E-state index contributed by atoms with van der Waals surface area (Å²) in [5, 5.41) is 0. The Morgan fingerprint density at radius 3 is 1.43 bits per heavy atom. The molecule has 0 unspecified atom stereocenters. The van der Waals surface area contributed by atoms with Crippen molar-refractivity contribution in [2.75, 3.05) is 0 Å². The van der Waals surface area contributed by atoms with Gasteiger partial charge in [0.1, 0.15) is 0 Å². The molecule has 44 valence electrons. The largest absolute Gasteiger partial charge is 0.703 e. The van der Waals surface area contributed by atoms with Crippen molar-refractivity contribution in [2.45, 2.75) is 0 Å². The maximum absolute atomic E-state index is 10.3. The van der Waals surface area contributed by atoms with E-state index in [4.69, 9.17) is 14.4 Å². The standard InChI is InChI=1S/BH3.FH3O4Si/c;1-5-6(2,3)4/h1H3;2-4H. The fourth-order valence-electron chi connectivity index (χ4n) is 0. The van der Waals surface area contributed by atoms with E-state index < -0.39 is 9.05 Å². The van der Waals surface area contributed by atoms with E-state index in [1.807, 2.05) is 0 Å². The molecular weight excluding hydrogens is 122 g/mol. The average molecular weight is 128 g/mol. The molecule has 7 heteroatoms. The lowest BCUT2D eigenvalue weighted by Gasteiger charge is -1.96. The van der Waals surface area contributed by atoms with Gasteiger partial charge in [-0.3, -0.25) is 0 Å². The van der Waals surface area contributed by atoms with Crippen molar-refractivity contribution in [1.82, 2.24) is 0 Å². The van der Waals surface area contributed by atoms with Crippen LogP contribution in [-0.2, 0) is 4.63 Å². The predicted octanol–water partition coefficient (Wildman–Crippen LogP) is -2.88. The van der Waals surface area contributed by atoms with Gasteiger partial charge in [0.15, 0.2) is 0 Å². The van der Waals surface area contributed by atoms with Crippen molar-refractivity contribution >= 4 is 17.5 Å². The summed E-state index contributed by atoms with van der Waals surface area (Å²) in [6, 6.07) is 0. The van der Waals surface area contributed by atoms with Crippen molar-refractivity contribution in [3.05, 3.63) is 0 Å². The number of hydrogen-bond acceptors (Lipinski definition) is 4. The van der Waals surface area contributed by atoms with Crippen LogP contribution in [0.4, 0.5) is 4.53 Å². The Hall–Kier alpha value is 0.0518. The van der Waals surface area contributed by atoms with Gasteiger partial charge in [-0.15, -0.1) is 0 Å². The quantitative estimate of drug-likeness (QED) is 0.331. The SMILES string of the molecule is B.O[Si](O)(O)OF. The number of rotatable bonds is 1. The summed E-state index contributed by atoms with van der Waals surface area (Å²) in [5.41, 5.74) is 0. The van der Waals surface area contributed by atoms with Crippen molar-refractivity contribution in [1.29, 1.82) is 0 Å². The summed E-state index contributed by atoms with van der Waals surface area (Å²) in [6.45, 7) is 0. The zero-order valence-corrected chi connectivity index (χ0v) is 3.63. The van der Waals surface area contributed by atoms with Gasteiger partial charge in [-0.1, -0.05) is 4.53 Å². The summed E-state index contributed by atoms with van der Waals surface area (Å²) in [4.78, 5) is 22.4. The normalized spacial score (nSPS) is 10.3. The summed E-state index contributed by atoms with van der Waals surface area (Å²) in [5.74, 6) is 0. The third-order valence-electron chi connectivity index (χ3n) is 0.104. The lowest BCUT2D eigenvalue weighted by atomic mass is 10.8. The molecular formula is H6BFO4Si. The molecule has 0 aromatic heterocycles. The Morgan fingerprint density at radius 1 is 1.29 bits per heavy atom. The zero-order chi connectivity index (χ0) is 5.21. The van der Waals surface area contributed by atoms with Crippen LogP contribution in [0.1, 0.15) is 0 Å². The minimum atomic E-state index is -4.80. The van der Waals surface area contributed by atoms with Gasteiger partial charge in [-0.05, 0) is 0 Å². The second-order valence-electron chi connectivity index (χ2n) is 0.651. The van der Waals surface area contributed by atoms with Gasteiger partial charge in [0.25, 0.3) is 0 Å². The third-order valence-corrected chi connectivity index (χ3v) is 0.311. The first-order valence-electron chi connectivity index (χ1n) is 1.03. The van der Waals surface area contributed by atoms with E-state index in [9.17, 15) is 4.53 Å². The van der Waals surface area contributed by atoms with Gasteiger partial charge in [-0.2, -0.15) is 4.63 Å². The Kier molecular flexibility index (Phi) is 4.49. The van der Waals surface area contributed by atoms with Crippen LogP contribution in [-0.4, -0.2) is 31.8 Å². The molecule has 0 aliphatic rings. The van der Waals surface area contributed by atoms with Crippen LogP contribution >= 0.6 is 0 Å². The molecule has 0 aromatic rings. The summed E-state index contributed by atoms with van der Waals surface area (Å²) >= 11 is 0. The summed E-state index contributed by atoms with van der Waals surface area (Å²) < 4.78 is 12.6. The highest BCUT2D eigenvalue weighted by Gasteiger charge is 2.31. The molecule has 0 aromatic carbocycles. The average Bonchev–Trinajstić information content (AvgIpc) is 1.35. The van der Waals surface area contributed by atoms with Crippen LogP contribution in [0.2, 0.25) is 0 Å². The Morgan fingerprint density at radius 2 is 1.43 bits per heavy atom. The highest BCUT2D eigenvalue weighted by atomic mass is 28.4. The van der Waals surface area contributed by atoms with Gasteiger partial charge in [-0.25, -0.2) is 0 Å². The molecule has 0 heterocycles. The van der Waals surface area contributed by atoms with E-state index in [2.05, 4.69) is 4.63 Å². The van der Waals surface area contributed by atoms with Crippen molar-refractivity contribution in [3.63, 3.8) is 0 Å². The van der Waals surface area contributed by atoms with Crippen LogP contribution in [0, 0.1) is 0 Å². The monoisotopic (exact) mass is 128 g/mol. The maximum Gasteiger partial charge on any atom is 0.703 e. The highest BCUT2D eigenvalue weighted by Crippen LogP contribution is 1.85. The van der Waals surface area contributed by atoms with E-state index in [1.54, 1.807) is 0 Å². The molecule has 3 N–H and O–H groups in total. The lowest BCUT2D eigenvalue weighted by Crippen LogP contribution is -2.35. The molecule has 0 radical (unpaired) electrons. The van der Waals surface area contributed by atoms with E-state index in [1.165, 1.54) is 0 Å². The summed E-state index contributed by atoms with van der Waals surface area (Å²) in [7, 11) is -4.80. The first-order valence-corrected chi connectivity index (χ1v) is 2.78. The molecule has 4 nitrogen and oxygen atoms in total. The first-order chi connectivity index (χ1) is 2.56. The van der Waals surface area contributed by atoms with E-state index in [0.29, 0.717) is 0 Å². The maximum atomic E-state index is 10.3. The molecule has 0 saturated heterocycles. The smallest absolute Gasteiger partial charge is 0.366 e. The van der Waals surface area contributed by atoms with Crippen LogP contribution in [0.3, 0.4) is 0 Å². The van der Waals surface area contributed by atoms with Crippen LogP contribution in [0.25, 0.3) is 0 Å². The minimum absolute atomic E-state index is 0. The van der Waals surface area contributed by atoms with Gasteiger partial charge >= 0.3 is 9.05 Å². The Bertz CT molecular complexity index is 41.4. The highest BCUT2D eigenvalue weighted by molar-refractivity contribution is 6.48. The van der Waals surface area contributed by atoms with Crippen molar-refractivity contribution < 1.29 is 23.5 Å². The molecule has 0 spiro atoms. The molecule has 0 saturated carbocycles. The number of hydrogen-bond donors (Lipinski definition) is 3. The van der Waals surface area contributed by atoms with Gasteiger partial charge in [0.05, 0.1) is 8.41 Å². The van der Waals surface area contributed by atoms with E-state index >= 15 is 0 Å².